The highest BCUT2D eigenvalue weighted by molar-refractivity contribution is 5.36. The minimum atomic E-state index is 0.297. The molecule has 1 saturated carbocycles. The second kappa shape index (κ2) is 4.58. The lowest BCUT2D eigenvalue weighted by Gasteiger charge is -2.48. The molecule has 0 saturated heterocycles. The van der Waals surface area contributed by atoms with Gasteiger partial charge in [-0.2, -0.15) is 0 Å². The van der Waals surface area contributed by atoms with Gasteiger partial charge in [-0.15, -0.1) is 0 Å². The summed E-state index contributed by atoms with van der Waals surface area (Å²) in [5, 5.41) is 0. The smallest absolute Gasteiger partial charge is 0.00834 e. The molecule has 2 N–H and O–H groups in total. The molecule has 1 nitrogen and oxygen atoms in total. The molecule has 88 valence electrons. The second-order valence-electron chi connectivity index (χ2n) is 5.36. The number of aryl methyl sites for hydroxylation is 1. The Bertz CT molecular complexity index is 350. The van der Waals surface area contributed by atoms with Gasteiger partial charge in [0.05, 0.1) is 0 Å². The van der Waals surface area contributed by atoms with Crippen LogP contribution in [0.15, 0.2) is 24.3 Å². The molecule has 0 unspecified atom stereocenters. The van der Waals surface area contributed by atoms with Crippen LogP contribution in [0, 0.1) is 12.8 Å². The van der Waals surface area contributed by atoms with Crippen molar-refractivity contribution in [1.29, 1.82) is 0 Å². The van der Waals surface area contributed by atoms with Crippen LogP contribution in [0.25, 0.3) is 0 Å². The van der Waals surface area contributed by atoms with Gasteiger partial charge in [0.25, 0.3) is 0 Å². The van der Waals surface area contributed by atoms with Crippen molar-refractivity contribution in [2.24, 2.45) is 11.7 Å². The molecule has 0 bridgehead atoms. The highest BCUT2D eigenvalue weighted by Crippen LogP contribution is 2.49. The van der Waals surface area contributed by atoms with Crippen LogP contribution in [0.2, 0.25) is 0 Å². The molecule has 0 heterocycles. The molecule has 0 aliphatic heterocycles. The van der Waals surface area contributed by atoms with E-state index in [1.807, 2.05) is 0 Å². The fraction of sp³-hybridized carbons (Fsp3) is 0.600. The first-order valence-electron chi connectivity index (χ1n) is 6.48. The number of benzene rings is 1. The first-order chi connectivity index (χ1) is 7.72. The van der Waals surface area contributed by atoms with Gasteiger partial charge in [0.2, 0.25) is 0 Å². The highest BCUT2D eigenvalue weighted by atomic mass is 14.6. The summed E-state index contributed by atoms with van der Waals surface area (Å²) in [5.41, 5.74) is 9.22. The van der Waals surface area contributed by atoms with E-state index in [4.69, 9.17) is 5.73 Å². The van der Waals surface area contributed by atoms with Crippen molar-refractivity contribution in [3.05, 3.63) is 35.4 Å². The minimum Gasteiger partial charge on any atom is -0.330 e. The molecule has 0 amide bonds. The second-order valence-corrected chi connectivity index (χ2v) is 5.36. The van der Waals surface area contributed by atoms with Crippen molar-refractivity contribution < 1.29 is 0 Å². The number of hydrogen-bond acceptors (Lipinski definition) is 1. The predicted molar refractivity (Wildman–Crippen MR) is 69.5 cm³/mol. The monoisotopic (exact) mass is 217 g/mol. The number of hydrogen-bond donors (Lipinski definition) is 1. The zero-order valence-electron chi connectivity index (χ0n) is 10.5. The average molecular weight is 217 g/mol. The van der Waals surface area contributed by atoms with E-state index >= 15 is 0 Å². The molecule has 1 aliphatic rings. The van der Waals surface area contributed by atoms with E-state index in [-0.39, 0.29) is 0 Å². The van der Waals surface area contributed by atoms with Crippen molar-refractivity contribution >= 4 is 0 Å². The third kappa shape index (κ3) is 1.89. The van der Waals surface area contributed by atoms with Crippen LogP contribution in [0.5, 0.6) is 0 Å². The molecule has 0 radical (unpaired) electrons. The van der Waals surface area contributed by atoms with Crippen LogP contribution in [0.3, 0.4) is 0 Å². The van der Waals surface area contributed by atoms with Gasteiger partial charge in [-0.25, -0.2) is 0 Å². The maximum atomic E-state index is 6.03. The van der Waals surface area contributed by atoms with Gasteiger partial charge in [-0.05, 0) is 36.8 Å². The van der Waals surface area contributed by atoms with E-state index in [0.717, 1.165) is 12.5 Å². The number of nitrogens with two attached hydrogens (primary N) is 1. The van der Waals surface area contributed by atoms with Crippen molar-refractivity contribution in [3.8, 4) is 0 Å². The van der Waals surface area contributed by atoms with Crippen molar-refractivity contribution in [2.75, 3.05) is 6.54 Å². The maximum Gasteiger partial charge on any atom is 0.00834 e. The molecule has 1 aromatic carbocycles. The quantitative estimate of drug-likeness (QED) is 0.822. The SMILES string of the molecule is CCCC1CC(CN)(c2ccccc2C)C1. The minimum absolute atomic E-state index is 0.297. The van der Waals surface area contributed by atoms with E-state index in [1.54, 1.807) is 0 Å². The van der Waals surface area contributed by atoms with Crippen molar-refractivity contribution in [2.45, 2.75) is 44.9 Å². The van der Waals surface area contributed by atoms with Crippen molar-refractivity contribution in [3.63, 3.8) is 0 Å². The van der Waals surface area contributed by atoms with Crippen LogP contribution >= 0.6 is 0 Å². The lowest BCUT2D eigenvalue weighted by Crippen LogP contribution is -2.47. The molecule has 0 aromatic heterocycles. The fourth-order valence-electron chi connectivity index (χ4n) is 3.32. The summed E-state index contributed by atoms with van der Waals surface area (Å²) in [7, 11) is 0. The Morgan fingerprint density at radius 3 is 2.56 bits per heavy atom. The van der Waals surface area contributed by atoms with Gasteiger partial charge in [0.1, 0.15) is 0 Å². The molecule has 1 aromatic rings. The molecule has 0 spiro atoms. The topological polar surface area (TPSA) is 26.0 Å². The third-order valence-electron chi connectivity index (χ3n) is 4.16. The lowest BCUT2D eigenvalue weighted by molar-refractivity contribution is 0.138. The van der Waals surface area contributed by atoms with E-state index in [1.165, 1.54) is 36.8 Å². The number of rotatable bonds is 4. The van der Waals surface area contributed by atoms with E-state index in [9.17, 15) is 0 Å². The van der Waals surface area contributed by atoms with E-state index in [2.05, 4.69) is 38.1 Å². The molecular formula is C15H23N. The zero-order valence-corrected chi connectivity index (χ0v) is 10.5. The molecule has 1 heteroatoms. The molecule has 2 rings (SSSR count). The summed E-state index contributed by atoms with van der Waals surface area (Å²) >= 11 is 0. The Hall–Kier alpha value is -0.820. The zero-order chi connectivity index (χ0) is 11.6. The summed E-state index contributed by atoms with van der Waals surface area (Å²) < 4.78 is 0. The fourth-order valence-corrected chi connectivity index (χ4v) is 3.32. The summed E-state index contributed by atoms with van der Waals surface area (Å²) in [6, 6.07) is 8.74. The standard InChI is InChI=1S/C15H23N/c1-3-6-13-9-15(10-13,11-16)14-8-5-4-7-12(14)2/h4-5,7-8,13H,3,6,9-11,16H2,1-2H3. The molecule has 1 aliphatic carbocycles. The highest BCUT2D eigenvalue weighted by Gasteiger charge is 2.44. The molecular weight excluding hydrogens is 194 g/mol. The Balaban J connectivity index is 2.16. The Kier molecular flexibility index (Phi) is 3.34. The maximum absolute atomic E-state index is 6.03. The van der Waals surface area contributed by atoms with E-state index in [0.29, 0.717) is 5.41 Å². The van der Waals surface area contributed by atoms with Gasteiger partial charge >= 0.3 is 0 Å². The van der Waals surface area contributed by atoms with Gasteiger partial charge < -0.3 is 5.73 Å². The summed E-state index contributed by atoms with van der Waals surface area (Å²) in [6.45, 7) is 5.29. The van der Waals surface area contributed by atoms with Crippen molar-refractivity contribution in [1.82, 2.24) is 0 Å². The Morgan fingerprint density at radius 2 is 2.00 bits per heavy atom. The van der Waals surface area contributed by atoms with Crippen LogP contribution in [0.4, 0.5) is 0 Å². The summed E-state index contributed by atoms with van der Waals surface area (Å²) in [6.07, 6.45) is 5.26. The molecule has 16 heavy (non-hydrogen) atoms. The predicted octanol–water partition coefficient (Wildman–Crippen LogP) is 3.40. The van der Waals surface area contributed by atoms with Crippen LogP contribution in [0.1, 0.15) is 43.7 Å². The first kappa shape index (κ1) is 11.7. The lowest BCUT2D eigenvalue weighted by atomic mass is 9.57. The normalized spacial score (nSPS) is 28.8. The average Bonchev–Trinajstić information content (AvgIpc) is 2.24. The van der Waals surface area contributed by atoms with Crippen LogP contribution < -0.4 is 5.73 Å². The largest absolute Gasteiger partial charge is 0.330 e. The van der Waals surface area contributed by atoms with Crippen LogP contribution in [-0.4, -0.2) is 6.54 Å². The Labute approximate surface area is 99.0 Å². The van der Waals surface area contributed by atoms with E-state index < -0.39 is 0 Å². The molecule has 0 atom stereocenters. The molecule has 1 fully saturated rings. The van der Waals surface area contributed by atoms with Gasteiger partial charge in [-0.3, -0.25) is 0 Å². The summed E-state index contributed by atoms with van der Waals surface area (Å²) in [5.74, 6) is 0.910. The van der Waals surface area contributed by atoms with Crippen LogP contribution in [-0.2, 0) is 5.41 Å². The Morgan fingerprint density at radius 1 is 1.31 bits per heavy atom. The van der Waals surface area contributed by atoms with Gasteiger partial charge in [-0.1, -0.05) is 44.0 Å². The first-order valence-corrected chi connectivity index (χ1v) is 6.48. The third-order valence-corrected chi connectivity index (χ3v) is 4.16. The van der Waals surface area contributed by atoms with Gasteiger partial charge in [0.15, 0.2) is 0 Å². The summed E-state index contributed by atoms with van der Waals surface area (Å²) in [4.78, 5) is 0. The van der Waals surface area contributed by atoms with Gasteiger partial charge in [0, 0.05) is 12.0 Å².